The number of hydrogen-bond acceptors (Lipinski definition) is 2. The first-order chi connectivity index (χ1) is 6.06. The highest BCUT2D eigenvalue weighted by molar-refractivity contribution is 9.13. The smallest absolute Gasteiger partial charge is 0.280 e. The van der Waals surface area contributed by atoms with Gasteiger partial charge >= 0.3 is 0 Å². The van der Waals surface area contributed by atoms with Crippen molar-refractivity contribution in [2.75, 3.05) is 0 Å². The van der Waals surface area contributed by atoms with Crippen molar-refractivity contribution in [3.63, 3.8) is 0 Å². The molecule has 0 unspecified atom stereocenters. The van der Waals surface area contributed by atoms with Gasteiger partial charge in [0, 0.05) is 6.54 Å². The van der Waals surface area contributed by atoms with Crippen molar-refractivity contribution in [2.45, 2.75) is 13.0 Å². The lowest BCUT2D eigenvalue weighted by Gasteiger charge is -2.07. The van der Waals surface area contributed by atoms with Gasteiger partial charge in [0.05, 0.1) is 4.47 Å². The zero-order valence-corrected chi connectivity index (χ0v) is 9.57. The van der Waals surface area contributed by atoms with Gasteiger partial charge in [0.2, 0.25) is 0 Å². The van der Waals surface area contributed by atoms with E-state index in [0.29, 0.717) is 14.6 Å². The van der Waals surface area contributed by atoms with Crippen LogP contribution in [0.2, 0.25) is 0 Å². The van der Waals surface area contributed by atoms with E-state index in [-0.39, 0.29) is 12.2 Å². The quantitative estimate of drug-likeness (QED) is 0.852. The van der Waals surface area contributed by atoms with Crippen molar-refractivity contribution in [1.82, 2.24) is 4.98 Å². The van der Waals surface area contributed by atoms with E-state index in [1.807, 2.05) is 0 Å². The molecule has 0 fully saturated rings. The third-order valence-electron chi connectivity index (χ3n) is 1.47. The largest absolute Gasteiger partial charge is 0.326 e. The van der Waals surface area contributed by atoms with E-state index in [1.165, 1.54) is 0 Å². The fourth-order valence-corrected chi connectivity index (χ4v) is 1.54. The highest BCUT2D eigenvalue weighted by Gasteiger charge is 2.16. The fraction of sp³-hybridized carbons (Fsp3) is 0.286. The molecule has 0 aromatic carbocycles. The average Bonchev–Trinajstić information content (AvgIpc) is 2.08. The summed E-state index contributed by atoms with van der Waals surface area (Å²) in [6, 6.07) is 1.54. The van der Waals surface area contributed by atoms with E-state index in [0.717, 1.165) is 0 Å². The number of nitrogens with two attached hydrogens (primary N) is 1. The highest BCUT2D eigenvalue weighted by Crippen LogP contribution is 2.28. The van der Waals surface area contributed by atoms with Crippen molar-refractivity contribution in [3.8, 4) is 0 Å². The fourth-order valence-electron chi connectivity index (χ4n) is 0.870. The first-order valence-electron chi connectivity index (χ1n) is 3.39. The highest BCUT2D eigenvalue weighted by atomic mass is 79.9. The van der Waals surface area contributed by atoms with E-state index in [1.54, 1.807) is 6.07 Å². The Labute approximate surface area is 90.8 Å². The summed E-state index contributed by atoms with van der Waals surface area (Å²) in [6.07, 6.45) is -2.59. The van der Waals surface area contributed by atoms with Gasteiger partial charge in [-0.3, -0.25) is 0 Å². The van der Waals surface area contributed by atoms with Gasteiger partial charge in [0.15, 0.2) is 0 Å². The Bertz CT molecular complexity index is 318. The van der Waals surface area contributed by atoms with Crippen LogP contribution in [0.5, 0.6) is 0 Å². The number of pyridine rings is 1. The van der Waals surface area contributed by atoms with Crippen molar-refractivity contribution in [2.24, 2.45) is 5.73 Å². The van der Waals surface area contributed by atoms with Crippen LogP contribution in [0.1, 0.15) is 17.7 Å². The van der Waals surface area contributed by atoms with Crippen LogP contribution in [0.15, 0.2) is 15.1 Å². The number of alkyl halides is 2. The molecule has 1 heterocycles. The summed E-state index contributed by atoms with van der Waals surface area (Å²) in [7, 11) is 0. The van der Waals surface area contributed by atoms with Crippen molar-refractivity contribution >= 4 is 31.9 Å². The number of rotatable bonds is 2. The number of hydrogen-bond donors (Lipinski definition) is 1. The molecule has 1 aromatic heterocycles. The summed E-state index contributed by atoms with van der Waals surface area (Å²) in [5.41, 5.74) is 5.38. The van der Waals surface area contributed by atoms with Gasteiger partial charge < -0.3 is 5.73 Å². The molecule has 0 bridgehead atoms. The van der Waals surface area contributed by atoms with Crippen molar-refractivity contribution < 1.29 is 8.78 Å². The summed E-state index contributed by atoms with van der Waals surface area (Å²) < 4.78 is 25.7. The molecule has 0 aliphatic rings. The molecule has 0 radical (unpaired) electrons. The lowest BCUT2D eigenvalue weighted by atomic mass is 10.2. The van der Waals surface area contributed by atoms with E-state index < -0.39 is 6.43 Å². The molecule has 0 amide bonds. The lowest BCUT2D eigenvalue weighted by molar-refractivity contribution is 0.144. The molecule has 0 atom stereocenters. The summed E-state index contributed by atoms with van der Waals surface area (Å²) in [4.78, 5) is 3.68. The van der Waals surface area contributed by atoms with Gasteiger partial charge in [-0.15, -0.1) is 0 Å². The molecule has 0 spiro atoms. The molecular formula is C7H6Br2F2N2. The molecule has 1 aromatic rings. The summed E-state index contributed by atoms with van der Waals surface area (Å²) in [5, 5.41) is 0. The van der Waals surface area contributed by atoms with Gasteiger partial charge in [0.1, 0.15) is 10.3 Å². The third-order valence-corrected chi connectivity index (χ3v) is 3.21. The molecule has 2 nitrogen and oxygen atoms in total. The van der Waals surface area contributed by atoms with Crippen LogP contribution in [0, 0.1) is 0 Å². The zero-order valence-electron chi connectivity index (χ0n) is 6.40. The molecule has 0 saturated carbocycles. The van der Waals surface area contributed by atoms with Crippen molar-refractivity contribution in [3.05, 3.63) is 26.4 Å². The Kier molecular flexibility index (Phi) is 3.75. The molecule has 0 saturated heterocycles. The summed E-state index contributed by atoms with van der Waals surface area (Å²) >= 11 is 6.21. The number of aromatic nitrogens is 1. The van der Waals surface area contributed by atoms with E-state index >= 15 is 0 Å². The topological polar surface area (TPSA) is 38.9 Å². The Morgan fingerprint density at radius 1 is 1.46 bits per heavy atom. The predicted molar refractivity (Wildman–Crippen MR) is 52.5 cm³/mol. The molecule has 72 valence electrons. The molecule has 2 N–H and O–H groups in total. The maximum Gasteiger partial charge on any atom is 0.280 e. The van der Waals surface area contributed by atoms with Crippen LogP contribution in [0.3, 0.4) is 0 Å². The first kappa shape index (κ1) is 11.0. The molecule has 13 heavy (non-hydrogen) atoms. The maximum absolute atomic E-state index is 12.4. The van der Waals surface area contributed by atoms with E-state index in [4.69, 9.17) is 5.73 Å². The minimum Gasteiger partial charge on any atom is -0.326 e. The van der Waals surface area contributed by atoms with Gasteiger partial charge in [-0.05, 0) is 43.5 Å². The SMILES string of the molecule is NCc1cc(Br)c(Br)nc1C(F)F. The zero-order chi connectivity index (χ0) is 10.0. The van der Waals surface area contributed by atoms with Gasteiger partial charge in [-0.2, -0.15) is 0 Å². The lowest BCUT2D eigenvalue weighted by Crippen LogP contribution is -2.05. The Morgan fingerprint density at radius 3 is 2.54 bits per heavy atom. The van der Waals surface area contributed by atoms with Crippen LogP contribution in [-0.4, -0.2) is 4.98 Å². The van der Waals surface area contributed by atoms with Crippen LogP contribution in [0.25, 0.3) is 0 Å². The van der Waals surface area contributed by atoms with Crippen LogP contribution in [-0.2, 0) is 6.54 Å². The molecule has 1 rings (SSSR count). The Balaban J connectivity index is 3.25. The van der Waals surface area contributed by atoms with Gasteiger partial charge in [-0.25, -0.2) is 13.8 Å². The second-order valence-corrected chi connectivity index (χ2v) is 3.92. The second-order valence-electron chi connectivity index (χ2n) is 2.31. The number of halogens is 4. The summed E-state index contributed by atoms with van der Waals surface area (Å²) in [5.74, 6) is 0. The van der Waals surface area contributed by atoms with E-state index in [9.17, 15) is 8.78 Å². The summed E-state index contributed by atoms with van der Waals surface area (Å²) in [6.45, 7) is 0.0541. The minimum atomic E-state index is -2.59. The molecular weight excluding hydrogens is 310 g/mol. The van der Waals surface area contributed by atoms with Crippen molar-refractivity contribution in [1.29, 1.82) is 0 Å². The minimum absolute atomic E-state index is 0.0541. The van der Waals surface area contributed by atoms with Gasteiger partial charge in [0.25, 0.3) is 6.43 Å². The van der Waals surface area contributed by atoms with Crippen LogP contribution < -0.4 is 5.73 Å². The van der Waals surface area contributed by atoms with Crippen LogP contribution >= 0.6 is 31.9 Å². The normalized spacial score (nSPS) is 10.9. The van der Waals surface area contributed by atoms with Gasteiger partial charge in [-0.1, -0.05) is 0 Å². The predicted octanol–water partition coefficient (Wildman–Crippen LogP) is 3.00. The number of nitrogens with zero attached hydrogens (tertiary/aromatic N) is 1. The third kappa shape index (κ3) is 2.45. The molecule has 6 heteroatoms. The second kappa shape index (κ2) is 4.43. The van der Waals surface area contributed by atoms with Crippen LogP contribution in [0.4, 0.5) is 8.78 Å². The molecule has 0 aliphatic carbocycles. The Morgan fingerprint density at radius 2 is 2.08 bits per heavy atom. The first-order valence-corrected chi connectivity index (χ1v) is 4.98. The monoisotopic (exact) mass is 314 g/mol. The van der Waals surface area contributed by atoms with E-state index in [2.05, 4.69) is 36.8 Å². The molecule has 0 aliphatic heterocycles. The maximum atomic E-state index is 12.4. The standard InChI is InChI=1S/C7H6Br2F2N2/c8-4-1-3(2-12)5(7(10)11)13-6(4)9/h1,7H,2,12H2. The average molecular weight is 316 g/mol. The Hall–Kier alpha value is -0.0700.